The molecule has 2 heteroatoms. The van der Waals surface area contributed by atoms with Crippen molar-refractivity contribution in [3.63, 3.8) is 0 Å². The number of rotatable bonds is 4. The summed E-state index contributed by atoms with van der Waals surface area (Å²) in [5, 5.41) is 0. The van der Waals surface area contributed by atoms with E-state index < -0.39 is 0 Å². The molecule has 0 aromatic heterocycles. The third-order valence-electron chi connectivity index (χ3n) is 5.86. The Morgan fingerprint density at radius 3 is 2.29 bits per heavy atom. The molecule has 24 heavy (non-hydrogen) atoms. The maximum absolute atomic E-state index is 2.68. The summed E-state index contributed by atoms with van der Waals surface area (Å²) in [6.07, 6.45) is 3.81. The van der Waals surface area contributed by atoms with Crippen molar-refractivity contribution in [1.29, 1.82) is 0 Å². The average molecular weight is 327 g/mol. The monoisotopic (exact) mass is 326 g/mol. The van der Waals surface area contributed by atoms with E-state index in [1.165, 1.54) is 57.5 Å². The second-order valence-corrected chi connectivity index (χ2v) is 8.69. The topological polar surface area (TPSA) is 6.48 Å². The lowest BCUT2D eigenvalue weighted by Gasteiger charge is -2.39. The minimum Gasteiger partial charge on any atom is -0.298 e. The lowest BCUT2D eigenvalue weighted by molar-refractivity contribution is 0.114. The highest BCUT2D eigenvalue weighted by Crippen LogP contribution is 2.43. The Hall–Kier alpha value is -1.12. The van der Waals surface area contributed by atoms with Crippen molar-refractivity contribution in [3.05, 3.63) is 41.5 Å². The summed E-state index contributed by atoms with van der Waals surface area (Å²) in [6.45, 7) is 15.5. The van der Waals surface area contributed by atoms with Crippen LogP contribution in [0, 0.1) is 5.41 Å². The number of allylic oxidation sites excluding steroid dienone is 1. The SMILES string of the molecule is CC(C)N1CCN(CC2=C(c3ccccc3)CC(C)(C)CC2)CC1. The summed E-state index contributed by atoms with van der Waals surface area (Å²) in [5.74, 6) is 0. The van der Waals surface area contributed by atoms with Crippen LogP contribution in [0.2, 0.25) is 0 Å². The molecule has 3 rings (SSSR count). The third kappa shape index (κ3) is 4.29. The van der Waals surface area contributed by atoms with Crippen molar-refractivity contribution in [2.45, 2.75) is 53.0 Å². The highest BCUT2D eigenvalue weighted by molar-refractivity contribution is 5.70. The van der Waals surface area contributed by atoms with Gasteiger partial charge in [-0.1, -0.05) is 49.8 Å². The summed E-state index contributed by atoms with van der Waals surface area (Å²) in [5.41, 5.74) is 5.20. The molecule has 0 saturated carbocycles. The molecule has 1 aromatic rings. The van der Waals surface area contributed by atoms with Gasteiger partial charge in [-0.3, -0.25) is 9.80 Å². The molecule has 1 aromatic carbocycles. The Morgan fingerprint density at radius 1 is 1.00 bits per heavy atom. The van der Waals surface area contributed by atoms with Gasteiger partial charge in [0, 0.05) is 38.8 Å². The van der Waals surface area contributed by atoms with Crippen molar-refractivity contribution in [2.75, 3.05) is 32.7 Å². The molecule has 2 nitrogen and oxygen atoms in total. The van der Waals surface area contributed by atoms with Crippen molar-refractivity contribution < 1.29 is 0 Å². The van der Waals surface area contributed by atoms with Gasteiger partial charge in [-0.25, -0.2) is 0 Å². The van der Waals surface area contributed by atoms with Gasteiger partial charge in [0.25, 0.3) is 0 Å². The molecule has 1 saturated heterocycles. The van der Waals surface area contributed by atoms with E-state index in [9.17, 15) is 0 Å². The quantitative estimate of drug-likeness (QED) is 0.793. The number of benzene rings is 1. The van der Waals surface area contributed by atoms with Crippen LogP contribution in [0.15, 0.2) is 35.9 Å². The fraction of sp³-hybridized carbons (Fsp3) is 0.636. The zero-order valence-electron chi connectivity index (χ0n) is 16.0. The number of hydrogen-bond acceptors (Lipinski definition) is 2. The molecule has 1 heterocycles. The Bertz CT molecular complexity index is 563. The summed E-state index contributed by atoms with van der Waals surface area (Å²) >= 11 is 0. The van der Waals surface area contributed by atoms with Crippen molar-refractivity contribution in [2.24, 2.45) is 5.41 Å². The van der Waals surface area contributed by atoms with Crippen LogP contribution in [0.3, 0.4) is 0 Å². The average Bonchev–Trinajstić information content (AvgIpc) is 2.57. The smallest absolute Gasteiger partial charge is 0.0200 e. The maximum Gasteiger partial charge on any atom is 0.0200 e. The molecule has 0 atom stereocenters. The molecule has 0 radical (unpaired) electrons. The number of hydrogen-bond donors (Lipinski definition) is 0. The third-order valence-corrected chi connectivity index (χ3v) is 5.86. The maximum atomic E-state index is 2.68. The first kappa shape index (κ1) is 17.7. The minimum absolute atomic E-state index is 0.436. The van der Waals surface area contributed by atoms with Crippen LogP contribution in [-0.2, 0) is 0 Å². The normalized spacial score (nSPS) is 23.0. The predicted octanol–water partition coefficient (Wildman–Crippen LogP) is 4.68. The Balaban J connectivity index is 1.75. The second kappa shape index (κ2) is 7.41. The summed E-state index contributed by atoms with van der Waals surface area (Å²) in [7, 11) is 0. The van der Waals surface area contributed by atoms with E-state index >= 15 is 0 Å². The number of piperazine rings is 1. The highest BCUT2D eigenvalue weighted by atomic mass is 15.3. The molecule has 0 N–H and O–H groups in total. The van der Waals surface area contributed by atoms with E-state index in [0.717, 1.165) is 0 Å². The predicted molar refractivity (Wildman–Crippen MR) is 104 cm³/mol. The van der Waals surface area contributed by atoms with Gasteiger partial charge in [-0.05, 0) is 49.7 Å². The van der Waals surface area contributed by atoms with Crippen molar-refractivity contribution in [1.82, 2.24) is 9.80 Å². The molecule has 0 unspecified atom stereocenters. The van der Waals surface area contributed by atoms with Crippen molar-refractivity contribution in [3.8, 4) is 0 Å². The fourth-order valence-corrected chi connectivity index (χ4v) is 4.16. The van der Waals surface area contributed by atoms with Gasteiger partial charge in [-0.15, -0.1) is 0 Å². The minimum atomic E-state index is 0.436. The molecule has 2 aliphatic rings. The van der Waals surface area contributed by atoms with Crippen LogP contribution < -0.4 is 0 Å². The van der Waals surface area contributed by atoms with Crippen molar-refractivity contribution >= 4 is 5.57 Å². The summed E-state index contributed by atoms with van der Waals surface area (Å²) in [4.78, 5) is 5.28. The van der Waals surface area contributed by atoms with Crippen LogP contribution in [0.5, 0.6) is 0 Å². The molecule has 0 bridgehead atoms. The first-order chi connectivity index (χ1) is 11.4. The molecule has 1 aliphatic carbocycles. The molecule has 0 spiro atoms. The molecule has 132 valence electrons. The van der Waals surface area contributed by atoms with Crippen LogP contribution in [0.25, 0.3) is 5.57 Å². The fourth-order valence-electron chi connectivity index (χ4n) is 4.16. The van der Waals surface area contributed by atoms with E-state index in [1.807, 2.05) is 0 Å². The van der Waals surface area contributed by atoms with Gasteiger partial charge >= 0.3 is 0 Å². The Morgan fingerprint density at radius 2 is 1.67 bits per heavy atom. The Labute approximate surface area is 148 Å². The first-order valence-corrected chi connectivity index (χ1v) is 9.67. The van der Waals surface area contributed by atoms with Gasteiger partial charge in [-0.2, -0.15) is 0 Å². The van der Waals surface area contributed by atoms with Gasteiger partial charge in [0.15, 0.2) is 0 Å². The van der Waals surface area contributed by atoms with Gasteiger partial charge in [0.05, 0.1) is 0 Å². The van der Waals surface area contributed by atoms with E-state index in [4.69, 9.17) is 0 Å². The zero-order valence-corrected chi connectivity index (χ0v) is 16.0. The molecular weight excluding hydrogens is 292 g/mol. The van der Waals surface area contributed by atoms with E-state index in [-0.39, 0.29) is 0 Å². The highest BCUT2D eigenvalue weighted by Gasteiger charge is 2.29. The van der Waals surface area contributed by atoms with Gasteiger partial charge in [0.1, 0.15) is 0 Å². The van der Waals surface area contributed by atoms with E-state index in [2.05, 4.69) is 67.8 Å². The lowest BCUT2D eigenvalue weighted by atomic mass is 9.72. The first-order valence-electron chi connectivity index (χ1n) is 9.67. The molecule has 1 fully saturated rings. The molecule has 1 aliphatic heterocycles. The van der Waals surface area contributed by atoms with Gasteiger partial charge in [0.2, 0.25) is 0 Å². The van der Waals surface area contributed by atoms with Crippen LogP contribution in [0.4, 0.5) is 0 Å². The van der Waals surface area contributed by atoms with E-state index in [1.54, 1.807) is 11.1 Å². The lowest BCUT2D eigenvalue weighted by Crippen LogP contribution is -2.49. The largest absolute Gasteiger partial charge is 0.298 e. The molecular formula is C22H34N2. The zero-order chi connectivity index (χ0) is 17.2. The summed E-state index contributed by atoms with van der Waals surface area (Å²) < 4.78 is 0. The van der Waals surface area contributed by atoms with Crippen LogP contribution >= 0.6 is 0 Å². The Kier molecular flexibility index (Phi) is 5.46. The number of nitrogens with zero attached hydrogens (tertiary/aromatic N) is 2. The van der Waals surface area contributed by atoms with Gasteiger partial charge < -0.3 is 0 Å². The molecule has 0 amide bonds. The van der Waals surface area contributed by atoms with Crippen LogP contribution in [-0.4, -0.2) is 48.6 Å². The summed E-state index contributed by atoms with van der Waals surface area (Å²) in [6, 6.07) is 11.8. The standard InChI is InChI=1S/C22H34N2/c1-18(2)24-14-12-23(13-15-24)17-20-10-11-22(3,4)16-21(20)19-8-6-5-7-9-19/h5-9,18H,10-17H2,1-4H3. The van der Waals surface area contributed by atoms with E-state index in [0.29, 0.717) is 11.5 Å². The second-order valence-electron chi connectivity index (χ2n) is 8.69. The van der Waals surface area contributed by atoms with Crippen LogP contribution in [0.1, 0.15) is 52.5 Å².